The standard InChI is InChI=1S/C10H7ClO/c1-7-2-3-8-4-5-9(11)6-10(8)12-7/h3-6H,1H3. The van der Waals surface area contributed by atoms with Gasteiger partial charge in [-0.3, -0.25) is 0 Å². The van der Waals surface area contributed by atoms with Gasteiger partial charge in [-0.1, -0.05) is 17.3 Å². The number of rotatable bonds is 0. The molecule has 0 atom stereocenters. The molecule has 0 unspecified atom stereocenters. The Morgan fingerprint density at radius 3 is 3.08 bits per heavy atom. The van der Waals surface area contributed by atoms with E-state index < -0.39 is 0 Å². The average Bonchev–Trinajstić information content (AvgIpc) is 2.03. The fraction of sp³-hybridized carbons (Fsp3) is 0.100. The second-order valence-corrected chi connectivity index (χ2v) is 3.07. The Bertz CT molecular complexity index is 387. The van der Waals surface area contributed by atoms with Crippen LogP contribution in [0.2, 0.25) is 5.02 Å². The molecule has 60 valence electrons. The van der Waals surface area contributed by atoms with Crippen molar-refractivity contribution >= 4 is 17.7 Å². The van der Waals surface area contributed by atoms with Crippen LogP contribution in [0.1, 0.15) is 12.5 Å². The van der Waals surface area contributed by atoms with Crippen LogP contribution in [-0.2, 0) is 0 Å². The van der Waals surface area contributed by atoms with Crippen LogP contribution in [0.25, 0.3) is 6.08 Å². The molecular weight excluding hydrogens is 172 g/mol. The van der Waals surface area contributed by atoms with Gasteiger partial charge >= 0.3 is 0 Å². The minimum absolute atomic E-state index is 0.692. The van der Waals surface area contributed by atoms with Crippen molar-refractivity contribution in [3.05, 3.63) is 40.3 Å². The zero-order valence-electron chi connectivity index (χ0n) is 6.60. The molecule has 0 saturated carbocycles. The third-order valence-electron chi connectivity index (χ3n) is 1.67. The van der Waals surface area contributed by atoms with E-state index >= 15 is 0 Å². The van der Waals surface area contributed by atoms with E-state index in [1.54, 1.807) is 6.07 Å². The van der Waals surface area contributed by atoms with Gasteiger partial charge in [0.05, 0.1) is 0 Å². The number of fused-ring (bicyclic) bond motifs is 1. The molecule has 0 bridgehead atoms. The maximum atomic E-state index is 5.80. The first-order valence-corrected chi connectivity index (χ1v) is 4.04. The Morgan fingerprint density at radius 2 is 2.25 bits per heavy atom. The summed E-state index contributed by atoms with van der Waals surface area (Å²) in [5.41, 5.74) is 4.00. The molecule has 1 aliphatic heterocycles. The summed E-state index contributed by atoms with van der Waals surface area (Å²) < 4.78 is 5.40. The van der Waals surface area contributed by atoms with E-state index in [-0.39, 0.29) is 0 Å². The highest BCUT2D eigenvalue weighted by atomic mass is 35.5. The predicted molar refractivity (Wildman–Crippen MR) is 49.2 cm³/mol. The van der Waals surface area contributed by atoms with Crippen molar-refractivity contribution in [1.82, 2.24) is 0 Å². The molecule has 0 spiro atoms. The second kappa shape index (κ2) is 2.71. The largest absolute Gasteiger partial charge is 0.453 e. The summed E-state index contributed by atoms with van der Waals surface area (Å²) in [7, 11) is 0. The van der Waals surface area contributed by atoms with Crippen molar-refractivity contribution in [3.8, 4) is 5.75 Å². The van der Waals surface area contributed by atoms with E-state index in [1.165, 1.54) is 0 Å². The van der Waals surface area contributed by atoms with Gasteiger partial charge in [0.2, 0.25) is 0 Å². The topological polar surface area (TPSA) is 9.23 Å². The van der Waals surface area contributed by atoms with Crippen LogP contribution in [-0.4, -0.2) is 0 Å². The SMILES string of the molecule is CC1=C=Cc2ccc(Cl)cc2O1. The number of hydrogen-bond donors (Lipinski definition) is 0. The molecule has 0 saturated heterocycles. The molecule has 2 rings (SSSR count). The van der Waals surface area contributed by atoms with Crippen molar-refractivity contribution in [2.75, 3.05) is 0 Å². The van der Waals surface area contributed by atoms with Crippen LogP contribution in [0.15, 0.2) is 29.7 Å². The minimum atomic E-state index is 0.692. The van der Waals surface area contributed by atoms with Crippen LogP contribution >= 0.6 is 11.6 Å². The lowest BCUT2D eigenvalue weighted by atomic mass is 10.2. The van der Waals surface area contributed by atoms with Crippen molar-refractivity contribution < 1.29 is 4.74 Å². The Balaban J connectivity index is 2.57. The van der Waals surface area contributed by atoms with E-state index in [0.29, 0.717) is 5.02 Å². The van der Waals surface area contributed by atoms with Gasteiger partial charge in [0.15, 0.2) is 0 Å². The summed E-state index contributed by atoms with van der Waals surface area (Å²) in [6.45, 7) is 1.86. The summed E-state index contributed by atoms with van der Waals surface area (Å²) in [6, 6.07) is 5.55. The second-order valence-electron chi connectivity index (χ2n) is 2.63. The van der Waals surface area contributed by atoms with Crippen molar-refractivity contribution in [1.29, 1.82) is 0 Å². The molecule has 1 aliphatic rings. The maximum Gasteiger partial charge on any atom is 0.143 e. The van der Waals surface area contributed by atoms with E-state index in [9.17, 15) is 0 Å². The summed E-state index contributed by atoms with van der Waals surface area (Å²) >= 11 is 5.80. The van der Waals surface area contributed by atoms with E-state index in [2.05, 4.69) is 5.73 Å². The molecule has 1 heterocycles. The van der Waals surface area contributed by atoms with Gasteiger partial charge in [-0.05, 0) is 18.2 Å². The quantitative estimate of drug-likeness (QED) is 0.555. The Hall–Kier alpha value is -1.17. The van der Waals surface area contributed by atoms with E-state index in [1.807, 2.05) is 25.1 Å². The van der Waals surface area contributed by atoms with Crippen molar-refractivity contribution in [2.24, 2.45) is 0 Å². The van der Waals surface area contributed by atoms with Crippen LogP contribution in [0.5, 0.6) is 5.75 Å². The van der Waals surface area contributed by atoms with Gasteiger partial charge in [0, 0.05) is 23.6 Å². The Kier molecular flexibility index (Phi) is 1.69. The van der Waals surface area contributed by atoms with Crippen LogP contribution in [0.3, 0.4) is 0 Å². The van der Waals surface area contributed by atoms with Gasteiger partial charge in [0.25, 0.3) is 0 Å². The van der Waals surface area contributed by atoms with Gasteiger partial charge in [-0.2, -0.15) is 0 Å². The molecule has 1 nitrogen and oxygen atoms in total. The predicted octanol–water partition coefficient (Wildman–Crippen LogP) is 3.25. The zero-order chi connectivity index (χ0) is 8.55. The third kappa shape index (κ3) is 1.25. The highest BCUT2D eigenvalue weighted by Gasteiger charge is 2.06. The van der Waals surface area contributed by atoms with Gasteiger partial charge in [0.1, 0.15) is 11.5 Å². The fourth-order valence-electron chi connectivity index (χ4n) is 1.09. The Morgan fingerprint density at radius 1 is 1.42 bits per heavy atom. The summed E-state index contributed by atoms with van der Waals surface area (Å²) in [4.78, 5) is 0. The number of hydrogen-bond acceptors (Lipinski definition) is 1. The van der Waals surface area contributed by atoms with E-state index in [0.717, 1.165) is 17.1 Å². The molecule has 12 heavy (non-hydrogen) atoms. The third-order valence-corrected chi connectivity index (χ3v) is 1.90. The summed E-state index contributed by atoms with van der Waals surface area (Å²) in [5, 5.41) is 0.692. The number of halogens is 1. The minimum Gasteiger partial charge on any atom is -0.453 e. The normalized spacial score (nSPS) is 13.3. The lowest BCUT2D eigenvalue weighted by Crippen LogP contribution is -1.94. The fourth-order valence-corrected chi connectivity index (χ4v) is 1.25. The molecule has 0 aromatic heterocycles. The molecule has 0 fully saturated rings. The van der Waals surface area contributed by atoms with Gasteiger partial charge in [-0.15, -0.1) is 0 Å². The lowest BCUT2D eigenvalue weighted by molar-refractivity contribution is 0.426. The summed E-state index contributed by atoms with van der Waals surface area (Å²) in [6.07, 6.45) is 1.89. The number of ether oxygens (including phenoxy) is 1. The van der Waals surface area contributed by atoms with Crippen LogP contribution < -0.4 is 4.74 Å². The zero-order valence-corrected chi connectivity index (χ0v) is 7.35. The highest BCUT2D eigenvalue weighted by molar-refractivity contribution is 6.30. The molecule has 0 radical (unpaired) electrons. The summed E-state index contributed by atoms with van der Waals surface area (Å²) in [5.74, 6) is 1.57. The molecule has 1 aromatic rings. The molecule has 1 aromatic carbocycles. The van der Waals surface area contributed by atoms with E-state index in [4.69, 9.17) is 16.3 Å². The number of benzene rings is 1. The Labute approximate surface area is 75.9 Å². The first-order valence-electron chi connectivity index (χ1n) is 3.66. The first kappa shape index (κ1) is 7.48. The maximum absolute atomic E-state index is 5.80. The molecule has 0 aliphatic carbocycles. The van der Waals surface area contributed by atoms with Gasteiger partial charge < -0.3 is 4.74 Å². The average molecular weight is 179 g/mol. The monoisotopic (exact) mass is 178 g/mol. The number of allylic oxidation sites excluding steroid dienone is 1. The van der Waals surface area contributed by atoms with Crippen molar-refractivity contribution in [3.63, 3.8) is 0 Å². The molecule has 0 N–H and O–H groups in total. The first-order chi connectivity index (χ1) is 5.75. The van der Waals surface area contributed by atoms with Crippen molar-refractivity contribution in [2.45, 2.75) is 6.92 Å². The smallest absolute Gasteiger partial charge is 0.143 e. The molecular formula is C10H7ClO. The molecule has 2 heteroatoms. The van der Waals surface area contributed by atoms with Gasteiger partial charge in [-0.25, -0.2) is 0 Å². The van der Waals surface area contributed by atoms with Crippen LogP contribution in [0, 0.1) is 0 Å². The molecule has 0 amide bonds. The lowest BCUT2D eigenvalue weighted by Gasteiger charge is -2.10. The van der Waals surface area contributed by atoms with Crippen LogP contribution in [0.4, 0.5) is 0 Å². The highest BCUT2D eigenvalue weighted by Crippen LogP contribution is 2.28.